The first-order valence-corrected chi connectivity index (χ1v) is 9.95. The van der Waals surface area contributed by atoms with E-state index in [1.54, 1.807) is 4.52 Å². The Morgan fingerprint density at radius 3 is 2.62 bits per heavy atom. The maximum Gasteiger partial charge on any atom is 0.260 e. The number of nitrogens with zero attached hydrogens (tertiary/aromatic N) is 3. The molecule has 0 spiro atoms. The minimum atomic E-state index is -2.84. The van der Waals surface area contributed by atoms with Gasteiger partial charge in [-0.15, -0.1) is 5.10 Å². The first kappa shape index (κ1) is 18.2. The maximum atomic E-state index is 13.0. The first-order valence-electron chi connectivity index (χ1n) is 9.95. The highest BCUT2D eigenvalue weighted by molar-refractivity contribution is 5.92. The SMILES string of the molecule is O=C(Nc1nc2cccc(C3=CC[C@@H](NC(=O)[C@@H]4CC4(F)F)CC3)n2n1)C1CC1. The zero-order chi connectivity index (χ0) is 20.2. The lowest BCUT2D eigenvalue weighted by atomic mass is 9.93. The summed E-state index contributed by atoms with van der Waals surface area (Å²) in [4.78, 5) is 28.2. The van der Waals surface area contributed by atoms with E-state index in [2.05, 4.69) is 20.7 Å². The van der Waals surface area contributed by atoms with E-state index in [1.165, 1.54) is 0 Å². The minimum Gasteiger partial charge on any atom is -0.353 e. The average molecular weight is 401 g/mol. The second kappa shape index (κ2) is 6.60. The Morgan fingerprint density at radius 1 is 1.17 bits per heavy atom. The highest BCUT2D eigenvalue weighted by Crippen LogP contribution is 2.48. The maximum absolute atomic E-state index is 13.0. The van der Waals surface area contributed by atoms with E-state index in [0.29, 0.717) is 30.9 Å². The molecule has 3 aliphatic carbocycles. The number of fused-ring (bicyclic) bond motifs is 1. The minimum absolute atomic E-state index is 0.0424. The number of allylic oxidation sites excluding steroid dienone is 1. The fourth-order valence-electron chi connectivity index (χ4n) is 3.76. The van der Waals surface area contributed by atoms with Gasteiger partial charge in [0.05, 0.1) is 5.69 Å². The Labute approximate surface area is 165 Å². The van der Waals surface area contributed by atoms with Crippen LogP contribution >= 0.6 is 0 Å². The van der Waals surface area contributed by atoms with Crippen molar-refractivity contribution in [2.75, 3.05) is 5.32 Å². The van der Waals surface area contributed by atoms with E-state index in [0.717, 1.165) is 24.1 Å². The van der Waals surface area contributed by atoms with Crippen LogP contribution in [0, 0.1) is 11.8 Å². The number of nitrogens with one attached hydrogen (secondary N) is 2. The van der Waals surface area contributed by atoms with Crippen LogP contribution in [0.15, 0.2) is 24.3 Å². The summed E-state index contributed by atoms with van der Waals surface area (Å²) in [5.41, 5.74) is 2.57. The Balaban J connectivity index is 1.29. The van der Waals surface area contributed by atoms with Crippen LogP contribution in [0.3, 0.4) is 0 Å². The molecule has 5 rings (SSSR count). The average Bonchev–Trinajstić information content (AvgIpc) is 3.59. The van der Waals surface area contributed by atoms with Crippen molar-refractivity contribution in [3.05, 3.63) is 30.0 Å². The van der Waals surface area contributed by atoms with E-state index in [1.807, 2.05) is 24.3 Å². The summed E-state index contributed by atoms with van der Waals surface area (Å²) < 4.78 is 27.8. The molecule has 2 aromatic rings. The van der Waals surface area contributed by atoms with Crippen LogP contribution in [-0.4, -0.2) is 38.4 Å². The molecule has 2 fully saturated rings. The lowest BCUT2D eigenvalue weighted by molar-refractivity contribution is -0.125. The molecular formula is C20H21F2N5O2. The predicted molar refractivity (Wildman–Crippen MR) is 101 cm³/mol. The monoisotopic (exact) mass is 401 g/mol. The molecule has 152 valence electrons. The molecule has 0 radical (unpaired) electrons. The molecule has 9 heteroatoms. The second-order valence-electron chi connectivity index (χ2n) is 8.11. The summed E-state index contributed by atoms with van der Waals surface area (Å²) in [6.07, 6.45) is 5.43. The molecule has 2 saturated carbocycles. The molecule has 0 aliphatic heterocycles. The quantitative estimate of drug-likeness (QED) is 0.806. The van der Waals surface area contributed by atoms with Crippen LogP contribution in [0.5, 0.6) is 0 Å². The van der Waals surface area contributed by atoms with Gasteiger partial charge in [-0.3, -0.25) is 14.9 Å². The Morgan fingerprint density at radius 2 is 1.97 bits per heavy atom. The zero-order valence-electron chi connectivity index (χ0n) is 15.7. The molecule has 7 nitrogen and oxygen atoms in total. The van der Waals surface area contributed by atoms with Gasteiger partial charge in [0.2, 0.25) is 17.8 Å². The molecule has 3 aliphatic rings. The smallest absolute Gasteiger partial charge is 0.260 e. The zero-order valence-corrected chi connectivity index (χ0v) is 15.7. The fourth-order valence-corrected chi connectivity index (χ4v) is 3.76. The largest absolute Gasteiger partial charge is 0.353 e. The molecule has 0 unspecified atom stereocenters. The van der Waals surface area contributed by atoms with Gasteiger partial charge < -0.3 is 5.32 Å². The number of alkyl halides is 2. The summed E-state index contributed by atoms with van der Waals surface area (Å²) >= 11 is 0. The number of aromatic nitrogens is 3. The number of carbonyl (C=O) groups is 2. The third kappa shape index (κ3) is 3.61. The van der Waals surface area contributed by atoms with E-state index >= 15 is 0 Å². The number of anilines is 1. The van der Waals surface area contributed by atoms with E-state index < -0.39 is 17.7 Å². The molecule has 2 N–H and O–H groups in total. The Bertz CT molecular complexity index is 1030. The highest BCUT2D eigenvalue weighted by Gasteiger charge is 2.61. The standard InChI is InChI=1S/C20H21F2N5O2/c21-20(22)10-14(20)18(29)23-13-8-6-11(7-9-13)15-2-1-3-16-24-19(26-27(15)16)25-17(28)12-4-5-12/h1-3,6,12-14H,4-5,7-10H2,(H,23,29)(H,25,26,28)/t13-,14+/m1/s1. The van der Waals surface area contributed by atoms with Crippen molar-refractivity contribution in [2.24, 2.45) is 11.8 Å². The van der Waals surface area contributed by atoms with Crippen LogP contribution in [-0.2, 0) is 9.59 Å². The third-order valence-electron chi connectivity index (χ3n) is 5.77. The molecule has 2 amide bonds. The van der Waals surface area contributed by atoms with Crippen molar-refractivity contribution >= 4 is 29.0 Å². The summed E-state index contributed by atoms with van der Waals surface area (Å²) in [5, 5.41) is 9.94. The van der Waals surface area contributed by atoms with Gasteiger partial charge in [0.15, 0.2) is 5.65 Å². The van der Waals surface area contributed by atoms with Gasteiger partial charge in [-0.1, -0.05) is 12.1 Å². The molecular weight excluding hydrogens is 380 g/mol. The first-order chi connectivity index (χ1) is 13.9. The third-order valence-corrected chi connectivity index (χ3v) is 5.77. The van der Waals surface area contributed by atoms with E-state index in [-0.39, 0.29) is 24.3 Å². The van der Waals surface area contributed by atoms with Gasteiger partial charge >= 0.3 is 0 Å². The summed E-state index contributed by atoms with van der Waals surface area (Å²) in [6.45, 7) is 0. The molecule has 29 heavy (non-hydrogen) atoms. The molecule has 2 aromatic heterocycles. The topological polar surface area (TPSA) is 88.4 Å². The number of hydrogen-bond acceptors (Lipinski definition) is 4. The van der Waals surface area contributed by atoms with E-state index in [9.17, 15) is 18.4 Å². The second-order valence-corrected chi connectivity index (χ2v) is 8.11. The highest BCUT2D eigenvalue weighted by atomic mass is 19.3. The van der Waals surface area contributed by atoms with Crippen molar-refractivity contribution in [1.82, 2.24) is 19.9 Å². The van der Waals surface area contributed by atoms with Gasteiger partial charge in [-0.05, 0) is 49.8 Å². The van der Waals surface area contributed by atoms with Crippen molar-refractivity contribution in [2.45, 2.75) is 50.5 Å². The fraction of sp³-hybridized carbons (Fsp3) is 0.500. The van der Waals surface area contributed by atoms with Gasteiger partial charge in [0, 0.05) is 18.4 Å². The molecule has 2 heterocycles. The van der Waals surface area contributed by atoms with Crippen molar-refractivity contribution < 1.29 is 18.4 Å². The van der Waals surface area contributed by atoms with Gasteiger partial charge in [0.1, 0.15) is 5.92 Å². The summed E-state index contributed by atoms with van der Waals surface area (Å²) in [6, 6.07) is 5.51. The summed E-state index contributed by atoms with van der Waals surface area (Å²) in [7, 11) is 0. The van der Waals surface area contributed by atoms with E-state index in [4.69, 9.17) is 0 Å². The summed E-state index contributed by atoms with van der Waals surface area (Å²) in [5.74, 6) is -4.23. The van der Waals surface area contributed by atoms with Gasteiger partial charge in [-0.2, -0.15) is 4.98 Å². The van der Waals surface area contributed by atoms with Crippen LogP contribution < -0.4 is 10.6 Å². The van der Waals surface area contributed by atoms with Crippen LogP contribution in [0.1, 0.15) is 44.2 Å². The molecule has 2 atom stereocenters. The molecule has 0 bridgehead atoms. The molecule has 0 aromatic carbocycles. The molecule has 0 saturated heterocycles. The van der Waals surface area contributed by atoms with Crippen molar-refractivity contribution in [3.8, 4) is 0 Å². The van der Waals surface area contributed by atoms with Gasteiger partial charge in [0.25, 0.3) is 5.92 Å². The number of rotatable bonds is 5. The lowest BCUT2D eigenvalue weighted by Crippen LogP contribution is -2.37. The predicted octanol–water partition coefficient (Wildman–Crippen LogP) is 2.79. The van der Waals surface area contributed by atoms with Crippen LogP contribution in [0.25, 0.3) is 11.2 Å². The normalized spacial score (nSPS) is 25.4. The van der Waals surface area contributed by atoms with Crippen LogP contribution in [0.2, 0.25) is 0 Å². The van der Waals surface area contributed by atoms with Gasteiger partial charge in [-0.25, -0.2) is 13.3 Å². The number of pyridine rings is 1. The van der Waals surface area contributed by atoms with Crippen LogP contribution in [0.4, 0.5) is 14.7 Å². The Kier molecular flexibility index (Phi) is 4.15. The Hall–Kier alpha value is -2.84. The van der Waals surface area contributed by atoms with Crippen molar-refractivity contribution in [3.63, 3.8) is 0 Å². The number of amides is 2. The van der Waals surface area contributed by atoms with Crippen molar-refractivity contribution in [1.29, 1.82) is 0 Å². The lowest BCUT2D eigenvalue weighted by Gasteiger charge is -2.23. The number of halogens is 2. The number of carbonyl (C=O) groups excluding carboxylic acids is 2. The number of hydrogen-bond donors (Lipinski definition) is 2.